The van der Waals surface area contributed by atoms with E-state index in [1.165, 1.54) is 61.0 Å². The van der Waals surface area contributed by atoms with E-state index in [2.05, 4.69) is 20.1 Å². The van der Waals surface area contributed by atoms with Gasteiger partial charge in [0.2, 0.25) is 10.0 Å². The van der Waals surface area contributed by atoms with Gasteiger partial charge < -0.3 is 9.84 Å². The number of hydrogen-bond acceptors (Lipinski definition) is 7. The molecule has 0 radical (unpaired) electrons. The van der Waals surface area contributed by atoms with E-state index < -0.39 is 40.0 Å². The molecule has 1 fully saturated rings. The molecule has 1 amide bonds. The minimum absolute atomic E-state index is 0.00769. The second-order valence-electron chi connectivity index (χ2n) is 10.3. The molecule has 14 heteroatoms. The third-order valence-electron chi connectivity index (χ3n) is 6.37. The molecule has 2 heterocycles. The lowest BCUT2D eigenvalue weighted by Gasteiger charge is -2.23. The average Bonchev–Trinajstić information content (AvgIpc) is 3.68. The molecule has 0 aliphatic heterocycles. The van der Waals surface area contributed by atoms with Crippen LogP contribution < -0.4 is 14.8 Å². The monoisotopic (exact) mass is 589 g/mol. The normalized spacial score (nSPS) is 14.3. The van der Waals surface area contributed by atoms with E-state index >= 15 is 0 Å². The van der Waals surface area contributed by atoms with Crippen molar-refractivity contribution in [2.45, 2.75) is 49.2 Å². The van der Waals surface area contributed by atoms with E-state index in [0.29, 0.717) is 11.3 Å². The van der Waals surface area contributed by atoms with Gasteiger partial charge in [0, 0.05) is 22.9 Å². The first-order valence-electron chi connectivity index (χ1n) is 12.6. The third kappa shape index (κ3) is 6.34. The van der Waals surface area contributed by atoms with Crippen molar-refractivity contribution in [1.82, 2.24) is 19.3 Å². The van der Waals surface area contributed by atoms with Crippen molar-refractivity contribution < 1.29 is 36.2 Å². The highest BCUT2D eigenvalue weighted by molar-refractivity contribution is 7.89. The molecule has 1 aliphatic rings. The molecule has 0 atom stereocenters. The summed E-state index contributed by atoms with van der Waals surface area (Å²) in [6.45, 7) is 2.62. The largest absolute Gasteiger partial charge is 0.417 e. The van der Waals surface area contributed by atoms with Crippen LogP contribution >= 0.6 is 0 Å². The van der Waals surface area contributed by atoms with Crippen LogP contribution in [0.4, 0.5) is 23.7 Å². The summed E-state index contributed by atoms with van der Waals surface area (Å²) >= 11 is 0. The number of sulfonamides is 1. The number of aliphatic hydroxyl groups is 1. The zero-order valence-corrected chi connectivity index (χ0v) is 22.8. The van der Waals surface area contributed by atoms with Gasteiger partial charge in [-0.2, -0.15) is 18.3 Å². The molecule has 4 aromatic rings. The minimum Gasteiger partial charge on any atom is -0.404 e. The van der Waals surface area contributed by atoms with Crippen molar-refractivity contribution >= 4 is 27.5 Å². The Morgan fingerprint density at radius 3 is 2.46 bits per heavy atom. The number of hydrogen-bond donors (Lipinski definition) is 3. The van der Waals surface area contributed by atoms with Crippen LogP contribution in [0.3, 0.4) is 0 Å². The maximum absolute atomic E-state index is 13.0. The molecular formula is C27H26F3N5O5S. The molecule has 1 aliphatic carbocycles. The Morgan fingerprint density at radius 1 is 1.12 bits per heavy atom. The van der Waals surface area contributed by atoms with Crippen LogP contribution in [0.2, 0.25) is 0 Å². The Hall–Kier alpha value is -4.01. The van der Waals surface area contributed by atoms with E-state index in [1.807, 2.05) is 0 Å². The van der Waals surface area contributed by atoms with Crippen molar-refractivity contribution in [2.75, 3.05) is 11.9 Å². The number of ether oxygens (including phenoxy) is 1. The van der Waals surface area contributed by atoms with Crippen LogP contribution in [0.1, 0.15) is 43.9 Å². The highest BCUT2D eigenvalue weighted by Crippen LogP contribution is 2.42. The number of fused-ring (bicyclic) bond motifs is 1. The van der Waals surface area contributed by atoms with Gasteiger partial charge in [-0.15, -0.1) is 0 Å². The molecule has 2 aromatic heterocycles. The lowest BCUT2D eigenvalue weighted by Crippen LogP contribution is -2.46. The topological polar surface area (TPSA) is 135 Å². The van der Waals surface area contributed by atoms with Gasteiger partial charge in [-0.1, -0.05) is 18.2 Å². The zero-order chi connectivity index (χ0) is 29.6. The summed E-state index contributed by atoms with van der Waals surface area (Å²) in [5.74, 6) is 0.192. The lowest BCUT2D eigenvalue weighted by atomic mass is 10.1. The molecular weight excluding hydrogens is 563 g/mol. The molecule has 0 unspecified atom stereocenters. The minimum atomic E-state index is -4.47. The maximum Gasteiger partial charge on any atom is 0.417 e. The van der Waals surface area contributed by atoms with Crippen molar-refractivity contribution in [3.63, 3.8) is 0 Å². The number of aliphatic hydroxyl groups excluding tert-OH is 1. The fraction of sp³-hybridized carbons (Fsp3) is 0.296. The number of nitrogens with one attached hydrogen (secondary N) is 2. The number of anilines is 1. The average molecular weight is 590 g/mol. The van der Waals surface area contributed by atoms with Gasteiger partial charge in [-0.3, -0.25) is 5.32 Å². The van der Waals surface area contributed by atoms with Crippen LogP contribution in [0, 0.1) is 0 Å². The molecule has 10 nitrogen and oxygen atoms in total. The summed E-state index contributed by atoms with van der Waals surface area (Å²) in [7, 11) is -4.00. The number of amides is 1. The second-order valence-corrected chi connectivity index (χ2v) is 12.0. The van der Waals surface area contributed by atoms with Crippen LogP contribution in [0.5, 0.6) is 5.75 Å². The van der Waals surface area contributed by atoms with Gasteiger partial charge in [-0.25, -0.2) is 27.4 Å². The fourth-order valence-corrected chi connectivity index (χ4v) is 5.57. The molecule has 3 N–H and O–H groups in total. The number of aromatic nitrogens is 3. The summed E-state index contributed by atoms with van der Waals surface area (Å²) in [5, 5.41) is 16.2. The van der Waals surface area contributed by atoms with E-state index in [4.69, 9.17) is 4.74 Å². The SMILES string of the molecule is CC(C)(CO)NS(=O)(=O)c1cccc(NC(=O)Oc2cnn3c(C4CC4)cc(-c4ccc(C(F)(F)F)cc4)nc23)c1. The summed E-state index contributed by atoms with van der Waals surface area (Å²) in [6, 6.07) is 11.9. The number of benzene rings is 2. The molecule has 0 spiro atoms. The number of nitrogens with zero attached hydrogens (tertiary/aromatic N) is 3. The van der Waals surface area contributed by atoms with Gasteiger partial charge >= 0.3 is 12.3 Å². The molecule has 0 saturated heterocycles. The van der Waals surface area contributed by atoms with Crippen molar-refractivity contribution in [3.8, 4) is 17.0 Å². The van der Waals surface area contributed by atoms with Crippen LogP contribution in [0.15, 0.2) is 65.7 Å². The summed E-state index contributed by atoms with van der Waals surface area (Å²) in [4.78, 5) is 17.2. The van der Waals surface area contributed by atoms with Gasteiger partial charge in [-0.05, 0) is 63.1 Å². The number of carbonyl (C=O) groups is 1. The van der Waals surface area contributed by atoms with E-state index in [0.717, 1.165) is 30.7 Å². The number of alkyl halides is 3. The lowest BCUT2D eigenvalue weighted by molar-refractivity contribution is -0.137. The Bertz CT molecular complexity index is 1720. The van der Waals surface area contributed by atoms with Crippen LogP contribution in [-0.2, 0) is 16.2 Å². The van der Waals surface area contributed by atoms with Crippen molar-refractivity contribution in [3.05, 3.63) is 72.1 Å². The molecule has 41 heavy (non-hydrogen) atoms. The number of rotatable bonds is 8. The zero-order valence-electron chi connectivity index (χ0n) is 21.9. The highest BCUT2D eigenvalue weighted by atomic mass is 32.2. The number of carbonyl (C=O) groups excluding carboxylic acids is 1. The smallest absolute Gasteiger partial charge is 0.404 e. The second kappa shape index (κ2) is 10.4. The predicted octanol–water partition coefficient (Wildman–Crippen LogP) is 4.95. The Morgan fingerprint density at radius 2 is 1.83 bits per heavy atom. The molecule has 0 bridgehead atoms. The Kier molecular flexibility index (Phi) is 7.26. The van der Waals surface area contributed by atoms with Crippen molar-refractivity contribution in [1.29, 1.82) is 0 Å². The van der Waals surface area contributed by atoms with Gasteiger partial charge in [0.1, 0.15) is 0 Å². The van der Waals surface area contributed by atoms with E-state index in [9.17, 15) is 31.5 Å². The quantitative estimate of drug-likeness (QED) is 0.265. The molecule has 2 aromatic carbocycles. The Balaban J connectivity index is 1.40. The summed E-state index contributed by atoms with van der Waals surface area (Å²) in [5.41, 5.74) is 0.0939. The van der Waals surface area contributed by atoms with Crippen molar-refractivity contribution in [2.24, 2.45) is 0 Å². The van der Waals surface area contributed by atoms with Crippen LogP contribution in [0.25, 0.3) is 16.9 Å². The first-order valence-corrected chi connectivity index (χ1v) is 14.0. The van der Waals surface area contributed by atoms with Gasteiger partial charge in [0.25, 0.3) is 0 Å². The highest BCUT2D eigenvalue weighted by Gasteiger charge is 2.31. The van der Waals surface area contributed by atoms with Crippen LogP contribution in [-0.4, -0.2) is 46.4 Å². The molecule has 5 rings (SSSR count). The van der Waals surface area contributed by atoms with Gasteiger partial charge in [0.15, 0.2) is 11.4 Å². The summed E-state index contributed by atoms with van der Waals surface area (Å²) < 4.78 is 73.9. The van der Waals surface area contributed by atoms with Gasteiger partial charge in [0.05, 0.1) is 34.5 Å². The molecule has 1 saturated carbocycles. The predicted molar refractivity (Wildman–Crippen MR) is 143 cm³/mol. The first kappa shape index (κ1) is 28.5. The standard InChI is InChI=1S/C27H26F3N5O5S/c1-26(2,15-36)34-41(38,39)20-5-3-4-19(12-20)32-25(37)40-23-14-31-35-22(17-6-7-17)13-21(33-24(23)35)16-8-10-18(11-9-16)27(28,29)30/h3-5,8-14,17,34,36H,6-7,15H2,1-2H3,(H,32,37). The maximum atomic E-state index is 13.0. The van der Waals surface area contributed by atoms with E-state index in [1.54, 1.807) is 6.07 Å². The summed E-state index contributed by atoms with van der Waals surface area (Å²) in [6.07, 6.45) is -2.28. The Labute approximate surface area is 233 Å². The number of halogens is 3. The third-order valence-corrected chi connectivity index (χ3v) is 8.07. The first-order chi connectivity index (χ1) is 19.3. The molecule has 216 valence electrons. The van der Waals surface area contributed by atoms with E-state index in [-0.39, 0.29) is 27.9 Å². The fourth-order valence-electron chi connectivity index (χ4n) is 4.12.